The lowest BCUT2D eigenvalue weighted by atomic mass is 10.0. The summed E-state index contributed by atoms with van der Waals surface area (Å²) in [6.07, 6.45) is -0.0458. The molecule has 1 aliphatic rings. The molecule has 37 heavy (non-hydrogen) atoms. The zero-order valence-corrected chi connectivity index (χ0v) is 20.3. The molecular formula is C27H27F3N6O. The van der Waals surface area contributed by atoms with Crippen LogP contribution in [0.2, 0.25) is 0 Å². The molecule has 10 heteroatoms. The van der Waals surface area contributed by atoms with Crippen molar-refractivity contribution in [2.45, 2.75) is 19.6 Å². The molecule has 1 aromatic carbocycles. The van der Waals surface area contributed by atoms with Crippen molar-refractivity contribution in [1.29, 1.82) is 0 Å². The molecule has 0 saturated carbocycles. The predicted molar refractivity (Wildman–Crippen MR) is 136 cm³/mol. The summed E-state index contributed by atoms with van der Waals surface area (Å²) >= 11 is 0. The fraction of sp³-hybridized carbons (Fsp3) is 0.296. The Hall–Kier alpha value is -3.94. The number of nitrogens with one attached hydrogen (secondary N) is 1. The standard InChI is InChI=1S/C27H27F3N6O/c1-2-35-9-11-36(12-10-35)18-22-6-5-21(15-24(22)27(28,29)30)26(37)34-25-14-19(7-8-33-25)3-4-20-13-23(31)17-32-16-20/h5-8,13-17H,2,9-12,18,31H2,1H3,(H,33,34,37). The number of hydrogen-bond acceptors (Lipinski definition) is 6. The van der Waals surface area contributed by atoms with Gasteiger partial charge >= 0.3 is 6.18 Å². The van der Waals surface area contributed by atoms with Gasteiger partial charge in [-0.05, 0) is 42.4 Å². The van der Waals surface area contributed by atoms with E-state index in [0.29, 0.717) is 29.9 Å². The maximum atomic E-state index is 13.9. The molecule has 1 aliphatic heterocycles. The Bertz CT molecular complexity index is 1320. The van der Waals surface area contributed by atoms with Crippen LogP contribution in [0.5, 0.6) is 0 Å². The third-order valence-electron chi connectivity index (χ3n) is 6.10. The number of rotatable bonds is 5. The number of amides is 1. The smallest absolute Gasteiger partial charge is 0.397 e. The van der Waals surface area contributed by atoms with E-state index in [0.717, 1.165) is 25.7 Å². The Balaban J connectivity index is 1.48. The van der Waals surface area contributed by atoms with E-state index in [-0.39, 0.29) is 23.5 Å². The number of nitrogen functional groups attached to an aromatic ring is 1. The van der Waals surface area contributed by atoms with Crippen molar-refractivity contribution in [3.8, 4) is 11.8 Å². The van der Waals surface area contributed by atoms with E-state index < -0.39 is 17.6 Å². The Kier molecular flexibility index (Phi) is 8.06. The van der Waals surface area contributed by atoms with Gasteiger partial charge in [-0.25, -0.2) is 4.98 Å². The van der Waals surface area contributed by atoms with Crippen LogP contribution < -0.4 is 11.1 Å². The van der Waals surface area contributed by atoms with Gasteiger partial charge in [-0.2, -0.15) is 13.2 Å². The highest BCUT2D eigenvalue weighted by atomic mass is 19.4. The van der Waals surface area contributed by atoms with Crippen LogP contribution in [0, 0.1) is 11.8 Å². The van der Waals surface area contributed by atoms with Crippen LogP contribution in [-0.4, -0.2) is 58.4 Å². The summed E-state index contributed by atoms with van der Waals surface area (Å²) in [5, 5.41) is 2.56. The SMILES string of the molecule is CCN1CCN(Cc2ccc(C(=O)Nc3cc(C#Cc4cncc(N)c4)ccn3)cc2C(F)(F)F)CC1. The summed E-state index contributed by atoms with van der Waals surface area (Å²) in [7, 11) is 0. The Morgan fingerprint density at radius 1 is 1.03 bits per heavy atom. The number of hydrogen-bond donors (Lipinski definition) is 2. The lowest BCUT2D eigenvalue weighted by molar-refractivity contribution is -0.138. The summed E-state index contributed by atoms with van der Waals surface area (Å²) < 4.78 is 41.7. The number of pyridine rings is 2. The average molecular weight is 509 g/mol. The minimum absolute atomic E-state index is 0.101. The molecule has 0 aliphatic carbocycles. The van der Waals surface area contributed by atoms with E-state index >= 15 is 0 Å². The Morgan fingerprint density at radius 2 is 1.76 bits per heavy atom. The van der Waals surface area contributed by atoms with Gasteiger partial charge in [0.25, 0.3) is 5.91 Å². The number of likely N-dealkylation sites (N-methyl/N-ethyl adjacent to an activating group) is 1. The van der Waals surface area contributed by atoms with E-state index in [1.807, 2.05) is 4.90 Å². The molecule has 0 unspecified atom stereocenters. The largest absolute Gasteiger partial charge is 0.416 e. The number of nitrogens with two attached hydrogens (primary N) is 1. The number of alkyl halides is 3. The molecule has 0 spiro atoms. The highest BCUT2D eigenvalue weighted by Gasteiger charge is 2.34. The van der Waals surface area contributed by atoms with E-state index in [1.54, 1.807) is 24.4 Å². The molecular weight excluding hydrogens is 481 g/mol. The van der Waals surface area contributed by atoms with Crippen molar-refractivity contribution in [1.82, 2.24) is 19.8 Å². The first-order chi connectivity index (χ1) is 17.7. The molecule has 0 atom stereocenters. The molecule has 0 bridgehead atoms. The third kappa shape index (κ3) is 7.06. The molecule has 0 radical (unpaired) electrons. The van der Waals surface area contributed by atoms with Gasteiger partial charge in [0, 0.05) is 68.0 Å². The van der Waals surface area contributed by atoms with E-state index in [9.17, 15) is 18.0 Å². The van der Waals surface area contributed by atoms with Crippen LogP contribution >= 0.6 is 0 Å². The molecule has 4 rings (SSSR count). The van der Waals surface area contributed by atoms with Gasteiger partial charge in [0.15, 0.2) is 0 Å². The lowest BCUT2D eigenvalue weighted by Crippen LogP contribution is -2.45. The maximum Gasteiger partial charge on any atom is 0.416 e. The number of halogens is 3. The van der Waals surface area contributed by atoms with Crippen molar-refractivity contribution in [2.24, 2.45) is 0 Å². The first kappa shape index (κ1) is 26.1. The number of piperazine rings is 1. The van der Waals surface area contributed by atoms with Gasteiger partial charge in [0.1, 0.15) is 5.82 Å². The van der Waals surface area contributed by atoms with Crippen LogP contribution in [0.25, 0.3) is 0 Å². The predicted octanol–water partition coefficient (Wildman–Crippen LogP) is 3.87. The monoisotopic (exact) mass is 508 g/mol. The van der Waals surface area contributed by atoms with Crippen molar-refractivity contribution in [2.75, 3.05) is 43.8 Å². The maximum absolute atomic E-state index is 13.9. The van der Waals surface area contributed by atoms with Gasteiger partial charge in [0.2, 0.25) is 0 Å². The fourth-order valence-corrected chi connectivity index (χ4v) is 4.06. The Labute approximate surface area is 213 Å². The molecule has 3 heterocycles. The molecule has 1 fully saturated rings. The summed E-state index contributed by atoms with van der Waals surface area (Å²) in [6, 6.07) is 8.58. The van der Waals surface area contributed by atoms with Crippen molar-refractivity contribution in [3.05, 3.63) is 82.8 Å². The highest BCUT2D eigenvalue weighted by molar-refractivity contribution is 6.04. The van der Waals surface area contributed by atoms with Crippen molar-refractivity contribution in [3.63, 3.8) is 0 Å². The Morgan fingerprint density at radius 3 is 2.46 bits per heavy atom. The van der Waals surface area contributed by atoms with Gasteiger partial charge in [-0.3, -0.25) is 14.7 Å². The summed E-state index contributed by atoms with van der Waals surface area (Å²) in [5.41, 5.74) is 6.61. The van der Waals surface area contributed by atoms with Crippen molar-refractivity contribution < 1.29 is 18.0 Å². The number of nitrogens with zero attached hydrogens (tertiary/aromatic N) is 4. The van der Waals surface area contributed by atoms with Crippen LogP contribution in [0.15, 0.2) is 55.0 Å². The molecule has 3 aromatic rings. The number of anilines is 2. The van der Waals surface area contributed by atoms with Crippen molar-refractivity contribution >= 4 is 17.4 Å². The van der Waals surface area contributed by atoms with Crippen LogP contribution in [0.3, 0.4) is 0 Å². The highest BCUT2D eigenvalue weighted by Crippen LogP contribution is 2.33. The van der Waals surface area contributed by atoms with Crippen LogP contribution in [0.4, 0.5) is 24.7 Å². The van der Waals surface area contributed by atoms with Gasteiger partial charge < -0.3 is 16.0 Å². The van der Waals surface area contributed by atoms with E-state index in [1.165, 1.54) is 24.5 Å². The van der Waals surface area contributed by atoms with E-state index in [2.05, 4.69) is 38.9 Å². The molecule has 1 amide bonds. The van der Waals surface area contributed by atoms with Gasteiger partial charge in [-0.15, -0.1) is 0 Å². The first-order valence-corrected chi connectivity index (χ1v) is 11.9. The second-order valence-corrected chi connectivity index (χ2v) is 8.72. The summed E-state index contributed by atoms with van der Waals surface area (Å²) in [4.78, 5) is 25.1. The molecule has 1 saturated heterocycles. The van der Waals surface area contributed by atoms with E-state index in [4.69, 9.17) is 5.73 Å². The quantitative estimate of drug-likeness (QED) is 0.509. The molecule has 192 valence electrons. The van der Waals surface area contributed by atoms with Crippen LogP contribution in [0.1, 0.15) is 39.5 Å². The minimum Gasteiger partial charge on any atom is -0.397 e. The normalized spacial score (nSPS) is 14.6. The molecule has 3 N–H and O–H groups in total. The number of carbonyl (C=O) groups excluding carboxylic acids is 1. The summed E-state index contributed by atoms with van der Waals surface area (Å²) in [5.74, 6) is 5.34. The fourth-order valence-electron chi connectivity index (χ4n) is 4.06. The second-order valence-electron chi connectivity index (χ2n) is 8.72. The van der Waals surface area contributed by atoms with Gasteiger partial charge in [0.05, 0.1) is 11.3 Å². The molecule has 2 aromatic heterocycles. The number of benzene rings is 1. The zero-order chi connectivity index (χ0) is 26.4. The lowest BCUT2D eigenvalue weighted by Gasteiger charge is -2.34. The number of aromatic nitrogens is 2. The number of carbonyl (C=O) groups is 1. The molecule has 7 nitrogen and oxygen atoms in total. The minimum atomic E-state index is -4.58. The second kappa shape index (κ2) is 11.4. The average Bonchev–Trinajstić information content (AvgIpc) is 2.88. The first-order valence-electron chi connectivity index (χ1n) is 11.9. The third-order valence-corrected chi connectivity index (χ3v) is 6.10. The summed E-state index contributed by atoms with van der Waals surface area (Å²) in [6.45, 7) is 6.23. The zero-order valence-electron chi connectivity index (χ0n) is 20.3. The topological polar surface area (TPSA) is 87.4 Å². The van der Waals surface area contributed by atoms with Crippen LogP contribution in [-0.2, 0) is 12.7 Å². The van der Waals surface area contributed by atoms with Gasteiger partial charge in [-0.1, -0.05) is 24.8 Å².